The predicted octanol–water partition coefficient (Wildman–Crippen LogP) is 9.71. The molecule has 4 atom stereocenters. The Labute approximate surface area is 248 Å². The van der Waals surface area contributed by atoms with Crippen LogP contribution in [0.5, 0.6) is 0 Å². The van der Waals surface area contributed by atoms with Crippen LogP contribution in [0.25, 0.3) is 0 Å². The molecule has 0 saturated heterocycles. The minimum Gasteiger partial charge on any atom is -0.361 e. The van der Waals surface area contributed by atoms with Gasteiger partial charge in [-0.3, -0.25) is 0 Å². The van der Waals surface area contributed by atoms with E-state index in [1.807, 2.05) is 0 Å². The molecule has 0 saturated carbocycles. The van der Waals surface area contributed by atoms with Crippen LogP contribution in [0.15, 0.2) is 143 Å². The van der Waals surface area contributed by atoms with Crippen molar-refractivity contribution >= 4 is 0 Å². The van der Waals surface area contributed by atoms with E-state index in [2.05, 4.69) is 134 Å². The average Bonchev–Trinajstić information content (AvgIpc) is 3.00. The van der Waals surface area contributed by atoms with Crippen LogP contribution in [0.1, 0.15) is 72.1 Å². The van der Waals surface area contributed by atoms with Gasteiger partial charge in [0.2, 0.25) is 0 Å². The lowest BCUT2D eigenvalue weighted by Gasteiger charge is -2.43. The maximum absolute atomic E-state index is 2.71. The fourth-order valence-electron chi connectivity index (χ4n) is 7.08. The first-order valence-electron chi connectivity index (χ1n) is 15.9. The van der Waals surface area contributed by atoms with E-state index in [4.69, 9.17) is 0 Å². The first-order valence-corrected chi connectivity index (χ1v) is 15.9. The maximum Gasteiger partial charge on any atom is 0.0560 e. The van der Waals surface area contributed by atoms with Crippen molar-refractivity contribution in [3.05, 3.63) is 143 Å². The summed E-state index contributed by atoms with van der Waals surface area (Å²) in [5.41, 5.74) is 9.81. The summed E-state index contributed by atoms with van der Waals surface area (Å²) in [7, 11) is 0. The first kappa shape index (κ1) is 27.6. The molecule has 4 unspecified atom stereocenters. The van der Waals surface area contributed by atoms with E-state index < -0.39 is 0 Å². The van der Waals surface area contributed by atoms with E-state index in [1.54, 1.807) is 0 Å². The predicted molar refractivity (Wildman–Crippen MR) is 175 cm³/mol. The molecule has 0 N–H and O–H groups in total. The van der Waals surface area contributed by atoms with Crippen molar-refractivity contribution in [2.45, 2.75) is 90.3 Å². The van der Waals surface area contributed by atoms with Gasteiger partial charge < -0.3 is 9.80 Å². The van der Waals surface area contributed by atoms with Crippen molar-refractivity contribution in [3.63, 3.8) is 0 Å². The summed E-state index contributed by atoms with van der Waals surface area (Å²) in [6.07, 6.45) is 49.4. The topological polar surface area (TPSA) is 6.48 Å². The smallest absolute Gasteiger partial charge is 0.0560 e. The Morgan fingerprint density at radius 2 is 1.39 bits per heavy atom. The molecule has 0 aliphatic heterocycles. The molecule has 6 aliphatic carbocycles. The highest BCUT2D eigenvalue weighted by atomic mass is 15.2. The molecule has 0 radical (unpaired) electrons. The Morgan fingerprint density at radius 1 is 0.659 bits per heavy atom. The van der Waals surface area contributed by atoms with Gasteiger partial charge in [-0.15, -0.1) is 0 Å². The lowest BCUT2D eigenvalue weighted by atomic mass is 9.88. The van der Waals surface area contributed by atoms with E-state index in [1.165, 1.54) is 45.8 Å². The van der Waals surface area contributed by atoms with Crippen molar-refractivity contribution in [2.24, 2.45) is 5.92 Å². The average molecular weight is 543 g/mol. The van der Waals surface area contributed by atoms with Crippen LogP contribution in [-0.4, -0.2) is 27.9 Å². The van der Waals surface area contributed by atoms with Crippen molar-refractivity contribution < 1.29 is 0 Å². The Bertz CT molecular complexity index is 1390. The molecule has 2 heteroatoms. The third kappa shape index (κ3) is 6.22. The van der Waals surface area contributed by atoms with Crippen LogP contribution in [0.2, 0.25) is 0 Å². The Morgan fingerprint density at radius 3 is 2.05 bits per heavy atom. The van der Waals surface area contributed by atoms with Crippen LogP contribution in [0.3, 0.4) is 0 Å². The normalized spacial score (nSPS) is 29.1. The molecular weight excluding hydrogens is 496 g/mol. The highest BCUT2D eigenvalue weighted by Crippen LogP contribution is 2.36. The van der Waals surface area contributed by atoms with Crippen LogP contribution in [0, 0.1) is 5.92 Å². The minimum absolute atomic E-state index is 0.347. The molecule has 212 valence electrons. The highest BCUT2D eigenvalue weighted by Gasteiger charge is 2.30. The number of nitrogens with zero attached hydrogens (tertiary/aromatic N) is 2. The van der Waals surface area contributed by atoms with Crippen molar-refractivity contribution in [1.29, 1.82) is 0 Å². The van der Waals surface area contributed by atoms with Crippen LogP contribution in [0.4, 0.5) is 0 Å². The zero-order valence-electron chi connectivity index (χ0n) is 25.2. The van der Waals surface area contributed by atoms with Gasteiger partial charge >= 0.3 is 0 Å². The third-order valence-electron chi connectivity index (χ3n) is 9.28. The number of allylic oxidation sites excluding steroid dienone is 16. The van der Waals surface area contributed by atoms with Gasteiger partial charge in [0.05, 0.1) is 18.1 Å². The SMILES string of the molecule is CC1=CCCC(N(C2C=CC(C3=CCC(N(C4=CCCC=C4)C4=CCCC(C)=C4)C=C3)=CC2)C2C=CC=CC2C)=C1. The second-order valence-electron chi connectivity index (χ2n) is 12.4. The lowest BCUT2D eigenvalue weighted by Crippen LogP contribution is -2.44. The Kier molecular flexibility index (Phi) is 8.46. The van der Waals surface area contributed by atoms with Gasteiger partial charge in [0, 0.05) is 17.1 Å². The van der Waals surface area contributed by atoms with Gasteiger partial charge in [-0.2, -0.15) is 0 Å². The van der Waals surface area contributed by atoms with E-state index in [-0.39, 0.29) is 0 Å². The summed E-state index contributed by atoms with van der Waals surface area (Å²) in [5.74, 6) is 0.502. The van der Waals surface area contributed by atoms with Gasteiger partial charge in [0.25, 0.3) is 0 Å². The van der Waals surface area contributed by atoms with Crippen molar-refractivity contribution in [3.8, 4) is 0 Å². The summed E-state index contributed by atoms with van der Waals surface area (Å²) in [6, 6.07) is 1.13. The molecule has 0 aromatic rings. The van der Waals surface area contributed by atoms with E-state index in [9.17, 15) is 0 Å². The summed E-state index contributed by atoms with van der Waals surface area (Å²) in [6.45, 7) is 6.87. The van der Waals surface area contributed by atoms with Crippen molar-refractivity contribution in [1.82, 2.24) is 9.80 Å². The monoisotopic (exact) mass is 542 g/mol. The molecule has 0 amide bonds. The van der Waals surface area contributed by atoms with Crippen LogP contribution in [-0.2, 0) is 0 Å². The molecule has 41 heavy (non-hydrogen) atoms. The largest absolute Gasteiger partial charge is 0.361 e. The molecule has 6 rings (SSSR count). The zero-order chi connectivity index (χ0) is 28.2. The second kappa shape index (κ2) is 12.6. The highest BCUT2D eigenvalue weighted by molar-refractivity contribution is 5.51. The van der Waals surface area contributed by atoms with Gasteiger partial charge in [-0.05, 0) is 101 Å². The summed E-state index contributed by atoms with van der Waals surface area (Å²) >= 11 is 0. The van der Waals surface area contributed by atoms with Gasteiger partial charge in [0.15, 0.2) is 0 Å². The molecule has 0 aromatic carbocycles. The van der Waals surface area contributed by atoms with E-state index in [0.717, 1.165) is 44.9 Å². The summed E-state index contributed by atoms with van der Waals surface area (Å²) in [4.78, 5) is 5.28. The zero-order valence-corrected chi connectivity index (χ0v) is 25.2. The van der Waals surface area contributed by atoms with Gasteiger partial charge in [0.1, 0.15) is 0 Å². The molecule has 0 spiro atoms. The third-order valence-corrected chi connectivity index (χ3v) is 9.28. The maximum atomic E-state index is 2.71. The summed E-state index contributed by atoms with van der Waals surface area (Å²) in [5, 5.41) is 0. The summed E-state index contributed by atoms with van der Waals surface area (Å²) < 4.78 is 0. The minimum atomic E-state index is 0.347. The van der Waals surface area contributed by atoms with Crippen LogP contribution < -0.4 is 0 Å². The first-order chi connectivity index (χ1) is 20.1. The van der Waals surface area contributed by atoms with Gasteiger partial charge in [-0.25, -0.2) is 0 Å². The molecule has 0 aromatic heterocycles. The Hall–Kier alpha value is -3.52. The standard InChI is InChI=1S/C39H46N2/c1-29-11-9-16-37(27-29)40(34-14-5-4-6-15-34)35-23-19-32(20-24-35)33-21-25-36(26-22-33)41(38-17-10-12-30(2)28-38)39-18-8-7-13-31(39)3/h5,7-8,12-16,18-23,25,27-28,31,35-36,39H,4,6,9-11,17,24,26H2,1-3H3. The lowest BCUT2D eigenvalue weighted by molar-refractivity contribution is 0.206. The fourth-order valence-corrected chi connectivity index (χ4v) is 7.08. The number of hydrogen-bond donors (Lipinski definition) is 0. The number of rotatable bonds is 7. The van der Waals surface area contributed by atoms with Crippen molar-refractivity contribution in [2.75, 3.05) is 0 Å². The molecule has 0 fully saturated rings. The van der Waals surface area contributed by atoms with E-state index >= 15 is 0 Å². The molecule has 0 bridgehead atoms. The molecule has 2 nitrogen and oxygen atoms in total. The Balaban J connectivity index is 1.18. The molecular formula is C39H46N2. The van der Waals surface area contributed by atoms with E-state index in [0.29, 0.717) is 24.0 Å². The molecule has 0 heterocycles. The number of hydrogen-bond acceptors (Lipinski definition) is 2. The van der Waals surface area contributed by atoms with Crippen LogP contribution >= 0.6 is 0 Å². The van der Waals surface area contributed by atoms with Gasteiger partial charge in [-0.1, -0.05) is 103 Å². The quantitative estimate of drug-likeness (QED) is 0.316. The fraction of sp³-hybridized carbons (Fsp3) is 0.385. The second-order valence-corrected chi connectivity index (χ2v) is 12.4. The molecule has 6 aliphatic rings.